The van der Waals surface area contributed by atoms with Crippen LogP contribution in [0.3, 0.4) is 0 Å². The molecule has 0 spiro atoms. The SMILES string of the molecule is COc1cc(C)c(S(=O)(=O)N2CCCC2COCC(=O)N2CCN(c3ccccc3F)CC2)c(C)c1. The maximum Gasteiger partial charge on any atom is 0.248 e. The predicted octanol–water partition coefficient (Wildman–Crippen LogP) is 2.97. The van der Waals surface area contributed by atoms with Gasteiger partial charge in [-0.3, -0.25) is 4.79 Å². The van der Waals surface area contributed by atoms with Crippen LogP contribution in [-0.4, -0.2) is 82.6 Å². The second-order valence-electron chi connectivity index (χ2n) is 9.34. The molecule has 10 heteroatoms. The van der Waals surface area contributed by atoms with Gasteiger partial charge in [-0.15, -0.1) is 0 Å². The van der Waals surface area contributed by atoms with Gasteiger partial charge < -0.3 is 19.3 Å². The van der Waals surface area contributed by atoms with E-state index in [4.69, 9.17) is 9.47 Å². The number of carbonyl (C=O) groups excluding carboxylic acids is 1. The Kier molecular flexibility index (Phi) is 8.17. The van der Waals surface area contributed by atoms with Gasteiger partial charge in [0.1, 0.15) is 18.2 Å². The number of amides is 1. The van der Waals surface area contributed by atoms with E-state index in [1.165, 1.54) is 10.4 Å². The number of benzene rings is 2. The third kappa shape index (κ3) is 5.50. The fourth-order valence-corrected chi connectivity index (χ4v) is 7.22. The van der Waals surface area contributed by atoms with E-state index >= 15 is 0 Å². The van der Waals surface area contributed by atoms with E-state index in [2.05, 4.69) is 0 Å². The minimum atomic E-state index is -3.72. The summed E-state index contributed by atoms with van der Waals surface area (Å²) in [4.78, 5) is 16.6. The monoisotopic (exact) mass is 519 g/mol. The normalized spacial score (nSPS) is 19.1. The van der Waals surface area contributed by atoms with Crippen LogP contribution in [0.2, 0.25) is 0 Å². The maximum absolute atomic E-state index is 14.1. The number of hydrogen-bond acceptors (Lipinski definition) is 6. The summed E-state index contributed by atoms with van der Waals surface area (Å²) in [6, 6.07) is 9.77. The van der Waals surface area contributed by atoms with Crippen LogP contribution in [0.5, 0.6) is 5.75 Å². The van der Waals surface area contributed by atoms with Gasteiger partial charge in [0.05, 0.1) is 24.3 Å². The molecule has 1 unspecified atom stereocenters. The first-order valence-corrected chi connectivity index (χ1v) is 13.7. The van der Waals surface area contributed by atoms with E-state index in [1.54, 1.807) is 56.2 Å². The molecule has 2 heterocycles. The Hall–Kier alpha value is -2.69. The summed E-state index contributed by atoms with van der Waals surface area (Å²) in [6.45, 7) is 6.08. The lowest BCUT2D eigenvalue weighted by Crippen LogP contribution is -2.50. The van der Waals surface area contributed by atoms with Gasteiger partial charge in [0.2, 0.25) is 15.9 Å². The van der Waals surface area contributed by atoms with Crippen LogP contribution < -0.4 is 9.64 Å². The molecule has 2 aliphatic rings. The fraction of sp³-hybridized carbons (Fsp3) is 0.500. The zero-order valence-electron chi connectivity index (χ0n) is 21.1. The lowest BCUT2D eigenvalue weighted by Gasteiger charge is -2.36. The summed E-state index contributed by atoms with van der Waals surface area (Å²) in [7, 11) is -2.16. The Balaban J connectivity index is 1.31. The summed E-state index contributed by atoms with van der Waals surface area (Å²) >= 11 is 0. The zero-order valence-corrected chi connectivity index (χ0v) is 21.9. The van der Waals surface area contributed by atoms with Crippen molar-refractivity contribution < 1.29 is 27.1 Å². The molecule has 0 radical (unpaired) electrons. The van der Waals surface area contributed by atoms with Crippen molar-refractivity contribution >= 4 is 21.6 Å². The van der Waals surface area contributed by atoms with E-state index in [0.29, 0.717) is 66.6 Å². The quantitative estimate of drug-likeness (QED) is 0.534. The van der Waals surface area contributed by atoms with E-state index in [1.807, 2.05) is 4.90 Å². The van der Waals surface area contributed by atoms with Crippen molar-refractivity contribution in [2.24, 2.45) is 0 Å². The molecule has 2 fully saturated rings. The molecular weight excluding hydrogens is 485 g/mol. The van der Waals surface area contributed by atoms with Gasteiger partial charge in [-0.1, -0.05) is 12.1 Å². The lowest BCUT2D eigenvalue weighted by atomic mass is 10.1. The molecule has 2 saturated heterocycles. The van der Waals surface area contributed by atoms with Gasteiger partial charge in [-0.05, 0) is 62.1 Å². The standard InChI is InChI=1S/C26H34FN3O5S/c1-19-15-22(34-3)16-20(2)26(19)36(32,33)30-10-6-7-21(30)17-35-18-25(31)29-13-11-28(12-14-29)24-9-5-4-8-23(24)27/h4-5,8-9,15-16,21H,6-7,10-14,17-18H2,1-3H3. The predicted molar refractivity (Wildman–Crippen MR) is 135 cm³/mol. The molecule has 0 aliphatic carbocycles. The number of hydrogen-bond donors (Lipinski definition) is 0. The number of anilines is 1. The number of methoxy groups -OCH3 is 1. The molecule has 2 aromatic rings. The highest BCUT2D eigenvalue weighted by Gasteiger charge is 2.37. The number of piperazine rings is 1. The number of aryl methyl sites for hydroxylation is 2. The van der Waals surface area contributed by atoms with E-state index < -0.39 is 10.0 Å². The average molecular weight is 520 g/mol. The molecule has 4 rings (SSSR count). The Morgan fingerprint density at radius 2 is 1.72 bits per heavy atom. The van der Waals surface area contributed by atoms with Crippen LogP contribution in [0.1, 0.15) is 24.0 Å². The smallest absolute Gasteiger partial charge is 0.248 e. The largest absolute Gasteiger partial charge is 0.497 e. The number of para-hydroxylation sites is 1. The number of halogens is 1. The third-order valence-corrected chi connectivity index (χ3v) is 9.18. The van der Waals surface area contributed by atoms with Gasteiger partial charge in [-0.25, -0.2) is 12.8 Å². The highest BCUT2D eigenvalue weighted by Crippen LogP contribution is 2.32. The molecular formula is C26H34FN3O5S. The molecule has 36 heavy (non-hydrogen) atoms. The average Bonchev–Trinajstić information content (AvgIpc) is 3.33. The van der Waals surface area contributed by atoms with Crippen LogP contribution in [0.4, 0.5) is 10.1 Å². The van der Waals surface area contributed by atoms with E-state index in [-0.39, 0.29) is 31.0 Å². The lowest BCUT2D eigenvalue weighted by molar-refractivity contribution is -0.136. The van der Waals surface area contributed by atoms with Crippen LogP contribution in [0.15, 0.2) is 41.3 Å². The summed E-state index contributed by atoms with van der Waals surface area (Å²) in [6.07, 6.45) is 1.43. The summed E-state index contributed by atoms with van der Waals surface area (Å²) in [5.41, 5.74) is 1.83. The van der Waals surface area contributed by atoms with Gasteiger partial charge in [0, 0.05) is 38.8 Å². The first-order chi connectivity index (χ1) is 17.2. The number of rotatable bonds is 8. The number of carbonyl (C=O) groups is 1. The second-order valence-corrected chi connectivity index (χ2v) is 11.2. The molecule has 8 nitrogen and oxygen atoms in total. The van der Waals surface area contributed by atoms with E-state index in [0.717, 1.165) is 6.42 Å². The number of ether oxygens (including phenoxy) is 2. The third-order valence-electron chi connectivity index (χ3n) is 6.92. The fourth-order valence-electron chi connectivity index (χ4n) is 5.12. The molecule has 0 N–H and O–H groups in total. The molecule has 1 amide bonds. The molecule has 0 bridgehead atoms. The zero-order chi connectivity index (χ0) is 25.9. The van der Waals surface area contributed by atoms with Crippen molar-refractivity contribution in [3.63, 3.8) is 0 Å². The van der Waals surface area contributed by atoms with Crippen LogP contribution in [-0.2, 0) is 19.6 Å². The maximum atomic E-state index is 14.1. The molecule has 2 aromatic carbocycles. The highest BCUT2D eigenvalue weighted by atomic mass is 32.2. The number of sulfonamides is 1. The van der Waals surface area contributed by atoms with Gasteiger partial charge in [-0.2, -0.15) is 4.31 Å². The van der Waals surface area contributed by atoms with Crippen LogP contribution in [0, 0.1) is 19.7 Å². The van der Waals surface area contributed by atoms with Crippen molar-refractivity contribution in [3.05, 3.63) is 53.3 Å². The Morgan fingerprint density at radius 1 is 1.06 bits per heavy atom. The Morgan fingerprint density at radius 3 is 2.36 bits per heavy atom. The van der Waals surface area contributed by atoms with Crippen molar-refractivity contribution in [1.82, 2.24) is 9.21 Å². The van der Waals surface area contributed by atoms with Crippen LogP contribution in [0.25, 0.3) is 0 Å². The highest BCUT2D eigenvalue weighted by molar-refractivity contribution is 7.89. The first kappa shape index (κ1) is 26.4. The minimum Gasteiger partial charge on any atom is -0.497 e. The Bertz CT molecular complexity index is 1170. The topological polar surface area (TPSA) is 79.4 Å². The van der Waals surface area contributed by atoms with Gasteiger partial charge in [0.25, 0.3) is 0 Å². The first-order valence-electron chi connectivity index (χ1n) is 12.2. The summed E-state index contributed by atoms with van der Waals surface area (Å²) in [5.74, 6) is 0.215. The molecule has 2 aliphatic heterocycles. The number of nitrogens with zero attached hydrogens (tertiary/aromatic N) is 3. The van der Waals surface area contributed by atoms with Crippen LogP contribution >= 0.6 is 0 Å². The minimum absolute atomic E-state index is 0.106. The van der Waals surface area contributed by atoms with Crippen molar-refractivity contribution in [1.29, 1.82) is 0 Å². The van der Waals surface area contributed by atoms with Crippen molar-refractivity contribution in [2.45, 2.75) is 37.6 Å². The molecule has 1 atom stereocenters. The van der Waals surface area contributed by atoms with Gasteiger partial charge >= 0.3 is 0 Å². The second kappa shape index (κ2) is 11.1. The van der Waals surface area contributed by atoms with Crippen molar-refractivity contribution in [3.8, 4) is 5.75 Å². The summed E-state index contributed by atoms with van der Waals surface area (Å²) < 4.78 is 53.6. The molecule has 196 valence electrons. The summed E-state index contributed by atoms with van der Waals surface area (Å²) in [5, 5.41) is 0. The van der Waals surface area contributed by atoms with Gasteiger partial charge in [0.15, 0.2) is 0 Å². The van der Waals surface area contributed by atoms with E-state index in [9.17, 15) is 17.6 Å². The Labute approximate surface area is 212 Å². The molecule has 0 aromatic heterocycles. The molecule has 0 saturated carbocycles. The van der Waals surface area contributed by atoms with Crippen molar-refractivity contribution in [2.75, 3.05) is 57.9 Å².